The van der Waals surface area contributed by atoms with E-state index in [1.54, 1.807) is 0 Å². The van der Waals surface area contributed by atoms with Gasteiger partial charge in [0.15, 0.2) is 0 Å². The van der Waals surface area contributed by atoms with Crippen LogP contribution in [0.2, 0.25) is 5.02 Å². The van der Waals surface area contributed by atoms with Gasteiger partial charge in [0.05, 0.1) is 11.7 Å². The third kappa shape index (κ3) is 4.09. The SMILES string of the molecule is CC(NC(=O)NCCc1cn2c(n1)CCCC2)c1ccccc1Cl. The fraction of sp³-hybridized carbons (Fsp3) is 0.444. The minimum absolute atomic E-state index is 0.140. The van der Waals surface area contributed by atoms with Crippen molar-refractivity contribution in [3.8, 4) is 0 Å². The van der Waals surface area contributed by atoms with Crippen LogP contribution in [-0.2, 0) is 19.4 Å². The molecule has 3 rings (SSSR count). The molecule has 5 nitrogen and oxygen atoms in total. The van der Waals surface area contributed by atoms with Crippen LogP contribution in [0.4, 0.5) is 4.79 Å². The summed E-state index contributed by atoms with van der Waals surface area (Å²) in [5.41, 5.74) is 1.96. The molecule has 2 N–H and O–H groups in total. The van der Waals surface area contributed by atoms with Crippen molar-refractivity contribution in [3.05, 3.63) is 52.6 Å². The first-order valence-electron chi connectivity index (χ1n) is 8.47. The van der Waals surface area contributed by atoms with Gasteiger partial charge in [-0.2, -0.15) is 0 Å². The topological polar surface area (TPSA) is 59.0 Å². The predicted octanol–water partition coefficient (Wildman–Crippen LogP) is 3.48. The number of carbonyl (C=O) groups is 1. The van der Waals surface area contributed by atoms with Crippen molar-refractivity contribution >= 4 is 17.6 Å². The van der Waals surface area contributed by atoms with Crippen molar-refractivity contribution < 1.29 is 4.79 Å². The van der Waals surface area contributed by atoms with E-state index in [4.69, 9.17) is 11.6 Å². The number of halogens is 1. The number of carbonyl (C=O) groups excluding carboxylic acids is 1. The number of hydrogen-bond donors (Lipinski definition) is 2. The highest BCUT2D eigenvalue weighted by molar-refractivity contribution is 6.31. The van der Waals surface area contributed by atoms with E-state index >= 15 is 0 Å². The summed E-state index contributed by atoms with van der Waals surface area (Å²) in [5.74, 6) is 1.17. The number of imidazole rings is 1. The Balaban J connectivity index is 1.46. The van der Waals surface area contributed by atoms with Gasteiger partial charge in [0, 0.05) is 37.2 Å². The van der Waals surface area contributed by atoms with Gasteiger partial charge in [-0.15, -0.1) is 0 Å². The van der Waals surface area contributed by atoms with Gasteiger partial charge >= 0.3 is 6.03 Å². The maximum absolute atomic E-state index is 12.0. The molecule has 0 spiro atoms. The Hall–Kier alpha value is -2.01. The van der Waals surface area contributed by atoms with Crippen molar-refractivity contribution in [1.29, 1.82) is 0 Å². The summed E-state index contributed by atoms with van der Waals surface area (Å²) in [6.45, 7) is 3.55. The summed E-state index contributed by atoms with van der Waals surface area (Å²) in [4.78, 5) is 16.7. The molecule has 24 heavy (non-hydrogen) atoms. The van der Waals surface area contributed by atoms with E-state index in [0.29, 0.717) is 11.6 Å². The molecule has 1 aromatic carbocycles. The zero-order valence-corrected chi connectivity index (χ0v) is 14.6. The number of fused-ring (bicyclic) bond motifs is 1. The fourth-order valence-corrected chi connectivity index (χ4v) is 3.35. The average molecular weight is 347 g/mol. The van der Waals surface area contributed by atoms with Gasteiger partial charge in [-0.3, -0.25) is 0 Å². The third-order valence-corrected chi connectivity index (χ3v) is 4.69. The number of aryl methyl sites for hydroxylation is 2. The first-order chi connectivity index (χ1) is 11.6. The van der Waals surface area contributed by atoms with Crippen LogP contribution in [0.1, 0.15) is 42.9 Å². The van der Waals surface area contributed by atoms with Crippen LogP contribution in [0, 0.1) is 0 Å². The molecule has 0 saturated carbocycles. The van der Waals surface area contributed by atoms with E-state index in [0.717, 1.165) is 30.6 Å². The van der Waals surface area contributed by atoms with E-state index in [9.17, 15) is 4.79 Å². The number of nitrogens with one attached hydrogen (secondary N) is 2. The molecule has 2 amide bonds. The smallest absolute Gasteiger partial charge is 0.315 e. The Morgan fingerprint density at radius 1 is 1.38 bits per heavy atom. The minimum atomic E-state index is -0.189. The average Bonchev–Trinajstić information content (AvgIpc) is 2.97. The molecule has 1 aliphatic rings. The standard InChI is InChI=1S/C18H23ClN4O/c1-13(15-6-2-3-7-16(15)19)21-18(24)20-10-9-14-12-23-11-5-4-8-17(23)22-14/h2-3,6-7,12-13H,4-5,8-11H2,1H3,(H2,20,21,24). The Morgan fingerprint density at radius 2 is 2.21 bits per heavy atom. The summed E-state index contributed by atoms with van der Waals surface area (Å²) < 4.78 is 2.23. The fourth-order valence-electron chi connectivity index (χ4n) is 3.05. The van der Waals surface area contributed by atoms with Crippen molar-refractivity contribution in [2.45, 2.75) is 45.2 Å². The lowest BCUT2D eigenvalue weighted by atomic mass is 10.1. The number of amides is 2. The Bertz CT molecular complexity index is 689. The lowest BCUT2D eigenvalue weighted by molar-refractivity contribution is 0.238. The molecule has 2 heterocycles. The van der Waals surface area contributed by atoms with Gasteiger partial charge in [0.1, 0.15) is 5.82 Å². The number of urea groups is 1. The van der Waals surface area contributed by atoms with E-state index in [-0.39, 0.29) is 12.1 Å². The molecular weight excluding hydrogens is 324 g/mol. The Morgan fingerprint density at radius 3 is 3.00 bits per heavy atom. The molecule has 1 unspecified atom stereocenters. The number of rotatable bonds is 5. The molecule has 1 aromatic heterocycles. The summed E-state index contributed by atoms with van der Waals surface area (Å²) >= 11 is 6.15. The number of nitrogens with zero attached hydrogens (tertiary/aromatic N) is 2. The highest BCUT2D eigenvalue weighted by Crippen LogP contribution is 2.21. The summed E-state index contributed by atoms with van der Waals surface area (Å²) in [7, 11) is 0. The molecule has 6 heteroatoms. The van der Waals surface area contributed by atoms with Gasteiger partial charge in [-0.1, -0.05) is 29.8 Å². The van der Waals surface area contributed by atoms with Gasteiger partial charge in [-0.25, -0.2) is 9.78 Å². The largest absolute Gasteiger partial charge is 0.338 e. The first kappa shape index (κ1) is 16.8. The predicted molar refractivity (Wildman–Crippen MR) is 95.3 cm³/mol. The minimum Gasteiger partial charge on any atom is -0.338 e. The Labute approximate surface area is 147 Å². The summed E-state index contributed by atoms with van der Waals surface area (Å²) in [5, 5.41) is 6.46. The molecule has 0 aliphatic carbocycles. The molecule has 1 atom stereocenters. The third-order valence-electron chi connectivity index (χ3n) is 4.34. The molecule has 2 aromatic rings. The molecule has 0 saturated heterocycles. The van der Waals surface area contributed by atoms with Gasteiger partial charge in [0.2, 0.25) is 0 Å². The van der Waals surface area contributed by atoms with Gasteiger partial charge in [-0.05, 0) is 31.4 Å². The monoisotopic (exact) mass is 346 g/mol. The second-order valence-electron chi connectivity index (χ2n) is 6.19. The van der Waals surface area contributed by atoms with Crippen LogP contribution in [0.15, 0.2) is 30.5 Å². The van der Waals surface area contributed by atoms with Crippen molar-refractivity contribution in [3.63, 3.8) is 0 Å². The van der Waals surface area contributed by atoms with Crippen LogP contribution in [0.5, 0.6) is 0 Å². The normalized spacial score (nSPS) is 14.8. The zero-order valence-electron chi connectivity index (χ0n) is 13.9. The van der Waals surface area contributed by atoms with Crippen molar-refractivity contribution in [1.82, 2.24) is 20.2 Å². The summed E-state index contributed by atoms with van der Waals surface area (Å²) in [6.07, 6.45) is 6.36. The molecule has 0 bridgehead atoms. The van der Waals surface area contributed by atoms with Crippen LogP contribution >= 0.6 is 11.6 Å². The molecular formula is C18H23ClN4O. The maximum Gasteiger partial charge on any atom is 0.315 e. The van der Waals surface area contributed by atoms with Crippen LogP contribution < -0.4 is 10.6 Å². The van der Waals surface area contributed by atoms with Crippen LogP contribution in [0.3, 0.4) is 0 Å². The molecule has 0 radical (unpaired) electrons. The Kier molecular flexibility index (Phi) is 5.41. The highest BCUT2D eigenvalue weighted by Gasteiger charge is 2.13. The quantitative estimate of drug-likeness (QED) is 0.870. The lowest BCUT2D eigenvalue weighted by Crippen LogP contribution is -2.38. The number of hydrogen-bond acceptors (Lipinski definition) is 2. The van der Waals surface area contributed by atoms with Gasteiger partial charge in [0.25, 0.3) is 0 Å². The zero-order chi connectivity index (χ0) is 16.9. The van der Waals surface area contributed by atoms with Crippen LogP contribution in [0.25, 0.3) is 0 Å². The number of benzene rings is 1. The second-order valence-corrected chi connectivity index (χ2v) is 6.60. The van der Waals surface area contributed by atoms with E-state index in [1.807, 2.05) is 31.2 Å². The van der Waals surface area contributed by atoms with E-state index in [2.05, 4.69) is 26.4 Å². The van der Waals surface area contributed by atoms with E-state index in [1.165, 1.54) is 18.7 Å². The van der Waals surface area contributed by atoms with Crippen LogP contribution in [-0.4, -0.2) is 22.1 Å². The molecule has 128 valence electrons. The van der Waals surface area contributed by atoms with E-state index < -0.39 is 0 Å². The second kappa shape index (κ2) is 7.71. The number of aromatic nitrogens is 2. The van der Waals surface area contributed by atoms with Crippen molar-refractivity contribution in [2.24, 2.45) is 0 Å². The van der Waals surface area contributed by atoms with Gasteiger partial charge < -0.3 is 15.2 Å². The highest BCUT2D eigenvalue weighted by atomic mass is 35.5. The molecule has 0 fully saturated rings. The van der Waals surface area contributed by atoms with Crippen molar-refractivity contribution in [2.75, 3.05) is 6.54 Å². The first-order valence-corrected chi connectivity index (χ1v) is 8.85. The molecule has 1 aliphatic heterocycles. The maximum atomic E-state index is 12.0. The lowest BCUT2D eigenvalue weighted by Gasteiger charge is -2.16. The summed E-state index contributed by atoms with van der Waals surface area (Å²) in [6, 6.07) is 7.21.